The van der Waals surface area contributed by atoms with Gasteiger partial charge in [-0.3, -0.25) is 4.79 Å². The van der Waals surface area contributed by atoms with Crippen molar-refractivity contribution in [2.75, 3.05) is 19.7 Å². The number of hydrogen-bond acceptors (Lipinski definition) is 5. The molecule has 0 spiro atoms. The molecule has 0 saturated carbocycles. The fraction of sp³-hybridized carbons (Fsp3) is 0.474. The van der Waals surface area contributed by atoms with Gasteiger partial charge in [-0.1, -0.05) is 0 Å². The standard InChI is InChI=1S/C19H25N3O2S.2ClH/c1-3-24-16-8-6-14(7-9-16)18-21-17(12-25-18)19(23)22-10-4-5-15(11-22)13(2)20;;/h6-9,12-13,15H,3-5,10-11,20H2,1-2H3;2*1H. The summed E-state index contributed by atoms with van der Waals surface area (Å²) in [5, 5.41) is 2.70. The predicted molar refractivity (Wildman–Crippen MR) is 115 cm³/mol. The topological polar surface area (TPSA) is 68.5 Å². The molecule has 1 aromatic heterocycles. The molecule has 2 heterocycles. The fourth-order valence-corrected chi connectivity index (χ4v) is 3.95. The van der Waals surface area contributed by atoms with Gasteiger partial charge in [-0.05, 0) is 56.9 Å². The van der Waals surface area contributed by atoms with Crippen molar-refractivity contribution in [3.8, 4) is 16.3 Å². The molecule has 2 aromatic rings. The molecule has 8 heteroatoms. The highest BCUT2D eigenvalue weighted by molar-refractivity contribution is 7.13. The van der Waals surface area contributed by atoms with Crippen LogP contribution in [0.3, 0.4) is 0 Å². The Morgan fingerprint density at radius 3 is 2.70 bits per heavy atom. The van der Waals surface area contributed by atoms with E-state index in [1.807, 2.05) is 48.4 Å². The van der Waals surface area contributed by atoms with Crippen molar-refractivity contribution >= 4 is 42.1 Å². The Morgan fingerprint density at radius 1 is 1.37 bits per heavy atom. The number of carbonyl (C=O) groups excluding carboxylic acids is 1. The van der Waals surface area contributed by atoms with E-state index in [4.69, 9.17) is 10.5 Å². The molecule has 1 aliphatic rings. The quantitative estimate of drug-likeness (QED) is 0.767. The zero-order chi connectivity index (χ0) is 17.8. The highest BCUT2D eigenvalue weighted by atomic mass is 35.5. The summed E-state index contributed by atoms with van der Waals surface area (Å²) >= 11 is 1.50. The first kappa shape index (κ1) is 23.7. The van der Waals surface area contributed by atoms with Crippen LogP contribution in [-0.2, 0) is 0 Å². The average Bonchev–Trinajstić information content (AvgIpc) is 3.12. The van der Waals surface area contributed by atoms with Gasteiger partial charge in [0.25, 0.3) is 5.91 Å². The number of nitrogens with zero attached hydrogens (tertiary/aromatic N) is 2. The average molecular weight is 432 g/mol. The molecule has 5 nitrogen and oxygen atoms in total. The maximum atomic E-state index is 12.8. The highest BCUT2D eigenvalue weighted by Gasteiger charge is 2.27. The lowest BCUT2D eigenvalue weighted by atomic mass is 9.92. The second-order valence-corrected chi connectivity index (χ2v) is 7.37. The molecule has 2 unspecified atom stereocenters. The van der Waals surface area contributed by atoms with E-state index in [1.54, 1.807) is 0 Å². The van der Waals surface area contributed by atoms with Crippen LogP contribution in [0.15, 0.2) is 29.6 Å². The Morgan fingerprint density at radius 2 is 2.07 bits per heavy atom. The Balaban J connectivity index is 0.00000182. The lowest BCUT2D eigenvalue weighted by Crippen LogP contribution is -2.45. The van der Waals surface area contributed by atoms with Crippen LogP contribution in [0.4, 0.5) is 0 Å². The smallest absolute Gasteiger partial charge is 0.273 e. The van der Waals surface area contributed by atoms with Gasteiger partial charge in [-0.15, -0.1) is 36.2 Å². The van der Waals surface area contributed by atoms with Gasteiger partial charge in [0, 0.05) is 30.1 Å². The molecular formula is C19H27Cl2N3O2S. The second kappa shape index (κ2) is 10.9. The monoisotopic (exact) mass is 431 g/mol. The Hall–Kier alpha value is -1.34. The van der Waals surface area contributed by atoms with Crippen LogP contribution in [0.2, 0.25) is 0 Å². The molecule has 1 fully saturated rings. The third-order valence-corrected chi connectivity index (χ3v) is 5.52. The number of hydrogen-bond donors (Lipinski definition) is 1. The molecule has 0 bridgehead atoms. The van der Waals surface area contributed by atoms with E-state index in [9.17, 15) is 4.79 Å². The number of rotatable bonds is 5. The van der Waals surface area contributed by atoms with Crippen molar-refractivity contribution in [3.05, 3.63) is 35.3 Å². The number of piperidine rings is 1. The Labute approximate surface area is 177 Å². The van der Waals surface area contributed by atoms with Gasteiger partial charge in [0.05, 0.1) is 6.61 Å². The first-order valence-corrected chi connectivity index (χ1v) is 9.70. The maximum absolute atomic E-state index is 12.8. The van der Waals surface area contributed by atoms with Crippen molar-refractivity contribution in [1.29, 1.82) is 0 Å². The van der Waals surface area contributed by atoms with Crippen LogP contribution in [0.5, 0.6) is 5.75 Å². The zero-order valence-corrected chi connectivity index (χ0v) is 18.0. The number of aromatic nitrogens is 1. The molecule has 2 atom stereocenters. The van der Waals surface area contributed by atoms with Crippen LogP contribution >= 0.6 is 36.2 Å². The van der Waals surface area contributed by atoms with Gasteiger partial charge in [0.15, 0.2) is 0 Å². The van der Waals surface area contributed by atoms with Crippen LogP contribution < -0.4 is 10.5 Å². The molecule has 150 valence electrons. The third-order valence-electron chi connectivity index (χ3n) is 4.62. The second-order valence-electron chi connectivity index (χ2n) is 6.51. The minimum absolute atomic E-state index is 0. The summed E-state index contributed by atoms with van der Waals surface area (Å²) in [4.78, 5) is 19.2. The van der Waals surface area contributed by atoms with Crippen molar-refractivity contribution < 1.29 is 9.53 Å². The summed E-state index contributed by atoms with van der Waals surface area (Å²) < 4.78 is 5.46. The van der Waals surface area contributed by atoms with E-state index in [0.29, 0.717) is 18.2 Å². The normalized spacial score (nSPS) is 17.4. The summed E-state index contributed by atoms with van der Waals surface area (Å²) in [6.07, 6.45) is 2.10. The Bertz CT molecular complexity index is 722. The minimum Gasteiger partial charge on any atom is -0.494 e. The van der Waals surface area contributed by atoms with E-state index < -0.39 is 0 Å². The molecule has 1 saturated heterocycles. The number of nitrogens with two attached hydrogens (primary N) is 1. The molecule has 27 heavy (non-hydrogen) atoms. The van der Waals surface area contributed by atoms with E-state index in [-0.39, 0.29) is 36.8 Å². The maximum Gasteiger partial charge on any atom is 0.273 e. The Kier molecular flexibility index (Phi) is 9.53. The molecule has 0 aliphatic carbocycles. The number of carbonyl (C=O) groups is 1. The first-order chi connectivity index (χ1) is 12.1. The number of likely N-dealkylation sites (tertiary alicyclic amines) is 1. The van der Waals surface area contributed by atoms with Crippen molar-refractivity contribution in [1.82, 2.24) is 9.88 Å². The van der Waals surface area contributed by atoms with Gasteiger partial charge in [0.2, 0.25) is 0 Å². The van der Waals surface area contributed by atoms with Gasteiger partial charge in [-0.25, -0.2) is 4.98 Å². The number of amides is 1. The zero-order valence-electron chi connectivity index (χ0n) is 15.6. The summed E-state index contributed by atoms with van der Waals surface area (Å²) in [5.74, 6) is 1.23. The summed E-state index contributed by atoms with van der Waals surface area (Å²) in [7, 11) is 0. The minimum atomic E-state index is 0. The molecule has 1 aliphatic heterocycles. The van der Waals surface area contributed by atoms with Crippen LogP contribution in [0, 0.1) is 5.92 Å². The van der Waals surface area contributed by atoms with Crippen molar-refractivity contribution in [2.24, 2.45) is 11.7 Å². The number of halogens is 2. The molecule has 3 rings (SSSR count). The summed E-state index contributed by atoms with van der Waals surface area (Å²) in [5.41, 5.74) is 7.55. The van der Waals surface area contributed by atoms with E-state index in [0.717, 1.165) is 42.3 Å². The number of thiazole rings is 1. The van der Waals surface area contributed by atoms with E-state index in [2.05, 4.69) is 4.98 Å². The number of benzene rings is 1. The lowest BCUT2D eigenvalue weighted by molar-refractivity contribution is 0.0656. The molecule has 1 amide bonds. The summed E-state index contributed by atoms with van der Waals surface area (Å²) in [6, 6.07) is 7.93. The summed E-state index contributed by atoms with van der Waals surface area (Å²) in [6.45, 7) is 6.15. The highest BCUT2D eigenvalue weighted by Crippen LogP contribution is 2.27. The van der Waals surface area contributed by atoms with Crippen LogP contribution in [-0.4, -0.2) is 41.5 Å². The van der Waals surface area contributed by atoms with Gasteiger partial charge in [0.1, 0.15) is 16.5 Å². The SMILES string of the molecule is CCOc1ccc(-c2nc(C(=O)N3CCCC(C(C)N)C3)cs2)cc1.Cl.Cl. The number of ether oxygens (including phenoxy) is 1. The predicted octanol–water partition coefficient (Wildman–Crippen LogP) is 4.25. The van der Waals surface area contributed by atoms with Gasteiger partial charge in [-0.2, -0.15) is 0 Å². The van der Waals surface area contributed by atoms with Crippen LogP contribution in [0.25, 0.3) is 10.6 Å². The molecule has 0 radical (unpaired) electrons. The van der Waals surface area contributed by atoms with Gasteiger partial charge >= 0.3 is 0 Å². The molecule has 2 N–H and O–H groups in total. The molecular weight excluding hydrogens is 405 g/mol. The lowest BCUT2D eigenvalue weighted by Gasteiger charge is -2.34. The first-order valence-electron chi connectivity index (χ1n) is 8.82. The largest absolute Gasteiger partial charge is 0.494 e. The van der Waals surface area contributed by atoms with Crippen molar-refractivity contribution in [2.45, 2.75) is 32.7 Å². The molecule has 1 aromatic carbocycles. The van der Waals surface area contributed by atoms with E-state index in [1.165, 1.54) is 11.3 Å². The van der Waals surface area contributed by atoms with E-state index >= 15 is 0 Å². The van der Waals surface area contributed by atoms with Gasteiger partial charge < -0.3 is 15.4 Å². The fourth-order valence-electron chi connectivity index (χ4n) is 3.15. The van der Waals surface area contributed by atoms with Crippen molar-refractivity contribution in [3.63, 3.8) is 0 Å². The third kappa shape index (κ3) is 5.82. The van der Waals surface area contributed by atoms with Crippen LogP contribution in [0.1, 0.15) is 37.2 Å².